The topological polar surface area (TPSA) is 46.8 Å². The molecular formula is C19H19ClN2O2. The molecule has 0 aliphatic carbocycles. The molecule has 124 valence electrons. The minimum atomic E-state index is -0.673. The first-order chi connectivity index (χ1) is 11.5. The summed E-state index contributed by atoms with van der Waals surface area (Å²) in [6.45, 7) is 7.95. The van der Waals surface area contributed by atoms with Gasteiger partial charge >= 0.3 is 0 Å². The van der Waals surface area contributed by atoms with Crippen LogP contribution in [0.2, 0.25) is 5.02 Å². The van der Waals surface area contributed by atoms with Crippen LogP contribution in [-0.2, 0) is 0 Å². The van der Waals surface area contributed by atoms with Crippen molar-refractivity contribution in [3.8, 4) is 17.0 Å². The van der Waals surface area contributed by atoms with Gasteiger partial charge < -0.3 is 9.84 Å². The number of hydrogen-bond donors (Lipinski definition) is 1. The fraction of sp³-hybridized carbons (Fsp3) is 0.211. The largest absolute Gasteiger partial charge is 0.489 e. The Morgan fingerprint density at radius 1 is 1.29 bits per heavy atom. The fourth-order valence-corrected chi connectivity index (χ4v) is 2.72. The first-order valence-corrected chi connectivity index (χ1v) is 8.06. The highest BCUT2D eigenvalue weighted by Crippen LogP contribution is 2.31. The van der Waals surface area contributed by atoms with E-state index < -0.39 is 6.10 Å². The average Bonchev–Trinajstić information content (AvgIpc) is 2.92. The first-order valence-electron chi connectivity index (χ1n) is 7.69. The van der Waals surface area contributed by atoms with Crippen molar-refractivity contribution in [3.05, 3.63) is 65.5 Å². The van der Waals surface area contributed by atoms with Gasteiger partial charge in [0.05, 0.1) is 22.5 Å². The predicted octanol–water partition coefficient (Wildman–Crippen LogP) is 4.66. The van der Waals surface area contributed by atoms with E-state index in [0.717, 1.165) is 28.2 Å². The van der Waals surface area contributed by atoms with Gasteiger partial charge in [-0.3, -0.25) is 4.40 Å². The quantitative estimate of drug-likeness (QED) is 0.686. The molecule has 1 atom stereocenters. The van der Waals surface area contributed by atoms with Crippen LogP contribution in [-0.4, -0.2) is 21.1 Å². The summed E-state index contributed by atoms with van der Waals surface area (Å²) in [5.74, 6) is 0.771. The van der Waals surface area contributed by atoms with Crippen LogP contribution in [0.1, 0.15) is 25.6 Å². The summed E-state index contributed by atoms with van der Waals surface area (Å²) in [6.07, 6.45) is 1.09. The Balaban J connectivity index is 2.02. The summed E-state index contributed by atoms with van der Waals surface area (Å²) in [7, 11) is 0. The number of aliphatic hydroxyl groups excluding tert-OH is 1. The van der Waals surface area contributed by atoms with Gasteiger partial charge in [-0.25, -0.2) is 4.98 Å². The van der Waals surface area contributed by atoms with Crippen LogP contribution in [0.15, 0.2) is 54.7 Å². The molecule has 3 aromatic rings. The van der Waals surface area contributed by atoms with Gasteiger partial charge in [-0.1, -0.05) is 18.2 Å². The van der Waals surface area contributed by atoms with Gasteiger partial charge in [0.2, 0.25) is 0 Å². The van der Waals surface area contributed by atoms with E-state index in [1.807, 2.05) is 41.7 Å². The molecule has 4 nitrogen and oxygen atoms in total. The number of nitrogens with zero attached hydrogens (tertiary/aromatic N) is 2. The summed E-state index contributed by atoms with van der Waals surface area (Å²) in [5, 5.41) is 10.8. The Morgan fingerprint density at radius 3 is 2.62 bits per heavy atom. The normalized spacial score (nSPS) is 12.3. The average molecular weight is 343 g/mol. The summed E-state index contributed by atoms with van der Waals surface area (Å²) < 4.78 is 7.45. The lowest BCUT2D eigenvalue weighted by Crippen LogP contribution is -2.00. The maximum absolute atomic E-state index is 10.2. The predicted molar refractivity (Wildman–Crippen MR) is 96.6 cm³/mol. The van der Waals surface area contributed by atoms with Crippen molar-refractivity contribution in [1.29, 1.82) is 0 Å². The SMILES string of the molecule is C=C(C)COc1ccc(-c2nc3ccc(Cl)cn3c2C(C)O)cc1. The third kappa shape index (κ3) is 3.30. The maximum atomic E-state index is 10.2. The van der Waals surface area contributed by atoms with Gasteiger partial charge in [0.1, 0.15) is 18.0 Å². The van der Waals surface area contributed by atoms with E-state index in [0.29, 0.717) is 17.3 Å². The number of aromatic nitrogens is 2. The zero-order chi connectivity index (χ0) is 17.3. The minimum Gasteiger partial charge on any atom is -0.489 e. The molecule has 0 saturated heterocycles. The van der Waals surface area contributed by atoms with Crippen LogP contribution in [0.25, 0.3) is 16.9 Å². The van der Waals surface area contributed by atoms with Crippen LogP contribution < -0.4 is 4.74 Å². The first kappa shape index (κ1) is 16.6. The molecule has 0 aliphatic rings. The molecule has 2 aromatic heterocycles. The number of imidazole rings is 1. The Bertz CT molecular complexity index is 882. The Labute approximate surface area is 146 Å². The Hall–Kier alpha value is -2.30. The van der Waals surface area contributed by atoms with E-state index in [2.05, 4.69) is 11.6 Å². The summed E-state index contributed by atoms with van der Waals surface area (Å²) >= 11 is 6.08. The number of fused-ring (bicyclic) bond motifs is 1. The number of ether oxygens (including phenoxy) is 1. The lowest BCUT2D eigenvalue weighted by Gasteiger charge is -2.09. The van der Waals surface area contributed by atoms with Crippen LogP contribution >= 0.6 is 11.6 Å². The van der Waals surface area contributed by atoms with E-state index in [4.69, 9.17) is 16.3 Å². The smallest absolute Gasteiger partial charge is 0.137 e. The van der Waals surface area contributed by atoms with Crippen molar-refractivity contribution in [2.24, 2.45) is 0 Å². The number of pyridine rings is 1. The van der Waals surface area contributed by atoms with Gasteiger partial charge in [0.25, 0.3) is 0 Å². The molecule has 0 spiro atoms. The Kier molecular flexibility index (Phi) is 4.60. The molecule has 0 saturated carbocycles. The molecule has 0 radical (unpaired) electrons. The second kappa shape index (κ2) is 6.67. The van der Waals surface area contributed by atoms with E-state index in [-0.39, 0.29) is 0 Å². The lowest BCUT2D eigenvalue weighted by atomic mass is 10.1. The monoisotopic (exact) mass is 342 g/mol. The molecule has 1 unspecified atom stereocenters. The van der Waals surface area contributed by atoms with E-state index in [1.54, 1.807) is 19.2 Å². The molecule has 5 heteroatoms. The molecule has 3 rings (SSSR count). The van der Waals surface area contributed by atoms with Gasteiger partial charge in [0.15, 0.2) is 0 Å². The summed E-state index contributed by atoms with van der Waals surface area (Å²) in [6, 6.07) is 11.3. The third-order valence-electron chi connectivity index (χ3n) is 3.63. The van der Waals surface area contributed by atoms with Crippen LogP contribution in [0.4, 0.5) is 0 Å². The number of aliphatic hydroxyl groups is 1. The molecule has 24 heavy (non-hydrogen) atoms. The second-order valence-corrected chi connectivity index (χ2v) is 6.30. The van der Waals surface area contributed by atoms with Gasteiger partial charge in [-0.2, -0.15) is 0 Å². The van der Waals surface area contributed by atoms with E-state index in [9.17, 15) is 5.11 Å². The van der Waals surface area contributed by atoms with Crippen LogP contribution in [0.3, 0.4) is 0 Å². The van der Waals surface area contributed by atoms with Gasteiger partial charge in [0, 0.05) is 11.8 Å². The number of benzene rings is 1. The number of rotatable bonds is 5. The number of hydrogen-bond acceptors (Lipinski definition) is 3. The molecule has 1 N–H and O–H groups in total. The molecule has 0 amide bonds. The molecule has 1 aromatic carbocycles. The maximum Gasteiger partial charge on any atom is 0.137 e. The van der Waals surface area contributed by atoms with Crippen molar-refractivity contribution in [3.63, 3.8) is 0 Å². The van der Waals surface area contributed by atoms with Crippen molar-refractivity contribution < 1.29 is 9.84 Å². The third-order valence-corrected chi connectivity index (χ3v) is 3.85. The highest BCUT2D eigenvalue weighted by molar-refractivity contribution is 6.30. The number of halogens is 1. The van der Waals surface area contributed by atoms with Crippen molar-refractivity contribution >= 4 is 17.2 Å². The van der Waals surface area contributed by atoms with Crippen molar-refractivity contribution in [2.45, 2.75) is 20.0 Å². The second-order valence-electron chi connectivity index (χ2n) is 5.87. The molecule has 2 heterocycles. The Morgan fingerprint density at radius 2 is 2.00 bits per heavy atom. The van der Waals surface area contributed by atoms with Gasteiger partial charge in [-0.15, -0.1) is 0 Å². The summed E-state index contributed by atoms with van der Waals surface area (Å²) in [5.41, 5.74) is 4.07. The highest BCUT2D eigenvalue weighted by atomic mass is 35.5. The molecule has 0 fully saturated rings. The fourth-order valence-electron chi connectivity index (χ4n) is 2.56. The van der Waals surface area contributed by atoms with Crippen LogP contribution in [0, 0.1) is 0 Å². The molecule has 0 bridgehead atoms. The minimum absolute atomic E-state index is 0.491. The van der Waals surface area contributed by atoms with Crippen LogP contribution in [0.5, 0.6) is 5.75 Å². The van der Waals surface area contributed by atoms with Gasteiger partial charge in [-0.05, 0) is 55.8 Å². The zero-order valence-electron chi connectivity index (χ0n) is 13.7. The van der Waals surface area contributed by atoms with E-state index in [1.165, 1.54) is 0 Å². The van der Waals surface area contributed by atoms with E-state index >= 15 is 0 Å². The van der Waals surface area contributed by atoms with Crippen molar-refractivity contribution in [2.75, 3.05) is 6.61 Å². The standard InChI is InChI=1S/C19H19ClN2O2/c1-12(2)11-24-16-7-4-14(5-8-16)18-19(13(3)23)22-10-15(20)6-9-17(22)21-18/h4-10,13,23H,1,11H2,2-3H3. The zero-order valence-corrected chi connectivity index (χ0v) is 14.4. The van der Waals surface area contributed by atoms with Crippen molar-refractivity contribution in [1.82, 2.24) is 9.38 Å². The molecular weight excluding hydrogens is 324 g/mol. The summed E-state index contributed by atoms with van der Waals surface area (Å²) in [4.78, 5) is 4.64. The highest BCUT2D eigenvalue weighted by Gasteiger charge is 2.18. The molecule has 0 aliphatic heterocycles. The lowest BCUT2D eigenvalue weighted by molar-refractivity contribution is 0.194.